The normalized spacial score (nSPS) is 18.3. The number of rotatable bonds is 4. The van der Waals surface area contributed by atoms with Crippen LogP contribution in [0, 0.1) is 23.3 Å². The van der Waals surface area contributed by atoms with Crippen molar-refractivity contribution in [1.29, 1.82) is 0 Å². The molecule has 0 unspecified atom stereocenters. The van der Waals surface area contributed by atoms with E-state index in [4.69, 9.17) is 10.5 Å². The van der Waals surface area contributed by atoms with Crippen LogP contribution in [-0.2, 0) is 0 Å². The molecule has 0 bridgehead atoms. The fourth-order valence-corrected chi connectivity index (χ4v) is 4.42. The number of piperidine rings is 1. The number of imidazole rings is 1. The van der Waals surface area contributed by atoms with E-state index in [-0.39, 0.29) is 34.7 Å². The second-order valence-electron chi connectivity index (χ2n) is 8.39. The van der Waals surface area contributed by atoms with E-state index in [1.54, 1.807) is 0 Å². The molecular weight excluding hydrogens is 466 g/mol. The van der Waals surface area contributed by atoms with Crippen molar-refractivity contribution < 1.29 is 27.4 Å². The SMILES string of the molecule is COc1c(F)cc(F)cc1-c1cncc(-c2nc3cc(F)c(F)cc3[nH]2)c1N1CC[C@@H](N)[C@@H](O)C1. The minimum atomic E-state index is -1.05. The number of nitrogens with zero attached hydrogens (tertiary/aromatic N) is 3. The average Bonchev–Trinajstić information content (AvgIpc) is 3.22. The summed E-state index contributed by atoms with van der Waals surface area (Å²) in [4.78, 5) is 13.4. The highest BCUT2D eigenvalue weighted by atomic mass is 19.2. The van der Waals surface area contributed by atoms with Crippen molar-refractivity contribution in [3.8, 4) is 28.3 Å². The molecule has 3 heterocycles. The van der Waals surface area contributed by atoms with Gasteiger partial charge in [0, 0.05) is 60.9 Å². The summed E-state index contributed by atoms with van der Waals surface area (Å²) in [7, 11) is 1.27. The maximum absolute atomic E-state index is 14.6. The highest BCUT2D eigenvalue weighted by Gasteiger charge is 2.30. The average molecular weight is 487 g/mol. The second-order valence-corrected chi connectivity index (χ2v) is 8.39. The standard InChI is InChI=1S/C24H21F4N5O2/c1-35-23-12(4-11(25)5-17(23)28)13-8-30-9-14(22(13)33-3-2-18(29)21(34)10-33)24-31-19-6-15(26)16(27)7-20(19)32-24/h4-9,18,21,34H,2-3,10,29H2,1H3,(H,31,32)/t18-,21+/m1/s1. The Hall–Kier alpha value is -3.70. The van der Waals surface area contributed by atoms with Gasteiger partial charge in [0.05, 0.1) is 35.5 Å². The van der Waals surface area contributed by atoms with Gasteiger partial charge in [-0.25, -0.2) is 22.5 Å². The monoisotopic (exact) mass is 487 g/mol. The van der Waals surface area contributed by atoms with Crippen LogP contribution >= 0.6 is 0 Å². The third kappa shape index (κ3) is 4.06. The molecule has 1 aliphatic heterocycles. The molecular formula is C24H21F4N5O2. The van der Waals surface area contributed by atoms with E-state index in [1.165, 1.54) is 19.5 Å². The van der Waals surface area contributed by atoms with Gasteiger partial charge in [-0.2, -0.15) is 0 Å². The molecule has 0 saturated carbocycles. The number of fused-ring (bicyclic) bond motifs is 1. The number of hydrogen-bond donors (Lipinski definition) is 3. The number of nitrogens with two attached hydrogens (primary N) is 1. The molecule has 35 heavy (non-hydrogen) atoms. The van der Waals surface area contributed by atoms with Gasteiger partial charge in [0.25, 0.3) is 0 Å². The number of benzene rings is 2. The van der Waals surface area contributed by atoms with Crippen LogP contribution < -0.4 is 15.4 Å². The smallest absolute Gasteiger partial charge is 0.168 e. The van der Waals surface area contributed by atoms with E-state index in [9.17, 15) is 22.7 Å². The van der Waals surface area contributed by atoms with Gasteiger partial charge >= 0.3 is 0 Å². The summed E-state index contributed by atoms with van der Waals surface area (Å²) in [6.07, 6.45) is 2.50. The molecule has 182 valence electrons. The van der Waals surface area contributed by atoms with Crippen molar-refractivity contribution >= 4 is 16.7 Å². The molecule has 5 rings (SSSR count). The summed E-state index contributed by atoms with van der Waals surface area (Å²) in [5.41, 5.74) is 7.70. The molecule has 2 aromatic carbocycles. The first-order chi connectivity index (χ1) is 16.8. The van der Waals surface area contributed by atoms with Crippen LogP contribution in [-0.4, -0.2) is 52.4 Å². The number of aromatic nitrogens is 3. The van der Waals surface area contributed by atoms with Gasteiger partial charge in [0.1, 0.15) is 11.6 Å². The fourth-order valence-electron chi connectivity index (χ4n) is 4.42. The third-order valence-corrected chi connectivity index (χ3v) is 6.15. The number of aromatic amines is 1. The van der Waals surface area contributed by atoms with Crippen LogP contribution in [0.5, 0.6) is 5.75 Å². The number of halogens is 4. The molecule has 1 fully saturated rings. The Kier molecular flexibility index (Phi) is 5.81. The quantitative estimate of drug-likeness (QED) is 0.379. The number of ether oxygens (including phenoxy) is 1. The highest BCUT2D eigenvalue weighted by Crippen LogP contribution is 2.43. The Morgan fingerprint density at radius 3 is 2.51 bits per heavy atom. The Bertz CT molecular complexity index is 1390. The van der Waals surface area contributed by atoms with Crippen LogP contribution in [0.15, 0.2) is 36.7 Å². The van der Waals surface area contributed by atoms with Gasteiger partial charge in [-0.05, 0) is 12.5 Å². The fraction of sp³-hybridized carbons (Fsp3) is 0.250. The highest BCUT2D eigenvalue weighted by molar-refractivity contribution is 5.92. The number of anilines is 1. The third-order valence-electron chi connectivity index (χ3n) is 6.15. The molecule has 0 radical (unpaired) electrons. The summed E-state index contributed by atoms with van der Waals surface area (Å²) in [5.74, 6) is -3.74. The Morgan fingerprint density at radius 1 is 1.03 bits per heavy atom. The van der Waals surface area contributed by atoms with Crippen molar-refractivity contribution in [2.45, 2.75) is 18.6 Å². The second kappa shape index (κ2) is 8.82. The molecule has 1 aliphatic rings. The number of β-amino-alcohol motifs (C(OH)–C–C–N with tert-alkyl or cyclic N) is 1. The van der Waals surface area contributed by atoms with Crippen LogP contribution in [0.1, 0.15) is 6.42 Å². The zero-order valence-electron chi connectivity index (χ0n) is 18.5. The van der Waals surface area contributed by atoms with Crippen molar-refractivity contribution in [1.82, 2.24) is 15.0 Å². The summed E-state index contributed by atoms with van der Waals surface area (Å²) in [5, 5.41) is 10.5. The minimum absolute atomic E-state index is 0.104. The van der Waals surface area contributed by atoms with Crippen LogP contribution in [0.4, 0.5) is 23.2 Å². The Morgan fingerprint density at radius 2 is 1.77 bits per heavy atom. The van der Waals surface area contributed by atoms with E-state index in [2.05, 4.69) is 15.0 Å². The molecule has 1 saturated heterocycles. The van der Waals surface area contributed by atoms with Crippen molar-refractivity contribution in [3.63, 3.8) is 0 Å². The number of hydrogen-bond acceptors (Lipinski definition) is 6. The number of aliphatic hydroxyl groups is 1. The molecule has 0 aliphatic carbocycles. The maximum atomic E-state index is 14.6. The predicted molar refractivity (Wildman–Crippen MR) is 122 cm³/mol. The largest absolute Gasteiger partial charge is 0.493 e. The number of pyridine rings is 1. The molecule has 7 nitrogen and oxygen atoms in total. The first kappa shape index (κ1) is 23.1. The molecule has 4 aromatic rings. The van der Waals surface area contributed by atoms with Crippen LogP contribution in [0.3, 0.4) is 0 Å². The van der Waals surface area contributed by atoms with Gasteiger partial charge in [0.2, 0.25) is 0 Å². The van der Waals surface area contributed by atoms with Crippen LogP contribution in [0.2, 0.25) is 0 Å². The maximum Gasteiger partial charge on any atom is 0.168 e. The first-order valence-corrected chi connectivity index (χ1v) is 10.8. The lowest BCUT2D eigenvalue weighted by Gasteiger charge is -2.37. The van der Waals surface area contributed by atoms with E-state index >= 15 is 0 Å². The van der Waals surface area contributed by atoms with Crippen LogP contribution in [0.25, 0.3) is 33.5 Å². The number of aliphatic hydroxyl groups excluding tert-OH is 1. The van der Waals surface area contributed by atoms with Gasteiger partial charge in [0.15, 0.2) is 23.2 Å². The predicted octanol–water partition coefficient (Wildman–Crippen LogP) is 3.76. The van der Waals surface area contributed by atoms with Gasteiger partial charge in [-0.3, -0.25) is 4.98 Å². The van der Waals surface area contributed by atoms with E-state index in [0.717, 1.165) is 18.2 Å². The zero-order valence-corrected chi connectivity index (χ0v) is 18.5. The van der Waals surface area contributed by atoms with Gasteiger partial charge in [-0.1, -0.05) is 0 Å². The molecule has 11 heteroatoms. The first-order valence-electron chi connectivity index (χ1n) is 10.8. The summed E-state index contributed by atoms with van der Waals surface area (Å²) >= 11 is 0. The molecule has 4 N–H and O–H groups in total. The number of H-pyrrole nitrogens is 1. The molecule has 0 amide bonds. The van der Waals surface area contributed by atoms with E-state index in [0.29, 0.717) is 35.8 Å². The van der Waals surface area contributed by atoms with Crippen molar-refractivity contribution in [2.24, 2.45) is 5.73 Å². The molecule has 0 spiro atoms. The molecule has 2 aromatic heterocycles. The van der Waals surface area contributed by atoms with Crippen molar-refractivity contribution in [3.05, 3.63) is 59.9 Å². The topological polar surface area (TPSA) is 100 Å². The zero-order chi connectivity index (χ0) is 24.9. The lowest BCUT2D eigenvalue weighted by molar-refractivity contribution is 0.132. The summed E-state index contributed by atoms with van der Waals surface area (Å²) < 4.78 is 61.6. The minimum Gasteiger partial charge on any atom is -0.493 e. The van der Waals surface area contributed by atoms with E-state index < -0.39 is 35.4 Å². The lowest BCUT2D eigenvalue weighted by atomic mass is 9.96. The van der Waals surface area contributed by atoms with Crippen molar-refractivity contribution in [2.75, 3.05) is 25.1 Å². The number of methoxy groups -OCH3 is 1. The number of nitrogens with one attached hydrogen (secondary N) is 1. The van der Waals surface area contributed by atoms with E-state index in [1.807, 2.05) is 4.90 Å². The summed E-state index contributed by atoms with van der Waals surface area (Å²) in [6.45, 7) is 0.556. The Balaban J connectivity index is 1.76. The molecule has 2 atom stereocenters. The Labute approximate surface area is 197 Å². The van der Waals surface area contributed by atoms with Gasteiger partial charge in [-0.15, -0.1) is 0 Å². The lowest BCUT2D eigenvalue weighted by Crippen LogP contribution is -2.50. The van der Waals surface area contributed by atoms with Gasteiger partial charge < -0.3 is 25.5 Å². The summed E-state index contributed by atoms with van der Waals surface area (Å²) in [6, 6.07) is 3.37.